The second-order valence-corrected chi connectivity index (χ2v) is 7.65. The van der Waals surface area contributed by atoms with Gasteiger partial charge in [-0.25, -0.2) is 8.42 Å². The Morgan fingerprint density at radius 1 is 1.19 bits per heavy atom. The van der Waals surface area contributed by atoms with Crippen LogP contribution >= 0.6 is 39.1 Å². The Morgan fingerprint density at radius 2 is 1.86 bits per heavy atom. The summed E-state index contributed by atoms with van der Waals surface area (Å²) in [5, 5.41) is 0.105. The van der Waals surface area contributed by atoms with E-state index in [9.17, 15) is 8.42 Å². The maximum absolute atomic E-state index is 12.4. The third kappa shape index (κ3) is 3.45. The molecule has 8 heteroatoms. The molecule has 2 rings (SSSR count). The van der Waals surface area contributed by atoms with Crippen molar-refractivity contribution in [3.05, 3.63) is 50.4 Å². The second-order valence-electron chi connectivity index (χ2n) is 4.36. The average molecular weight is 410 g/mol. The van der Waals surface area contributed by atoms with E-state index in [4.69, 9.17) is 28.9 Å². The van der Waals surface area contributed by atoms with Crippen LogP contribution in [0.4, 0.5) is 11.4 Å². The van der Waals surface area contributed by atoms with Gasteiger partial charge in [0.2, 0.25) is 0 Å². The van der Waals surface area contributed by atoms with Crippen LogP contribution in [0.1, 0.15) is 5.56 Å². The maximum Gasteiger partial charge on any atom is 0.263 e. The molecule has 0 unspecified atom stereocenters. The van der Waals surface area contributed by atoms with Crippen molar-refractivity contribution in [2.24, 2.45) is 0 Å². The van der Waals surface area contributed by atoms with Gasteiger partial charge in [0.1, 0.15) is 4.90 Å². The normalized spacial score (nSPS) is 11.4. The van der Waals surface area contributed by atoms with E-state index in [-0.39, 0.29) is 20.6 Å². The van der Waals surface area contributed by atoms with Gasteiger partial charge in [-0.05, 0) is 52.7 Å². The highest BCUT2D eigenvalue weighted by atomic mass is 79.9. The van der Waals surface area contributed by atoms with Crippen LogP contribution in [0.5, 0.6) is 0 Å². The number of hydrogen-bond acceptors (Lipinski definition) is 3. The zero-order valence-corrected chi connectivity index (χ0v) is 14.7. The van der Waals surface area contributed by atoms with Crippen LogP contribution in [-0.4, -0.2) is 8.42 Å². The molecule has 112 valence electrons. The highest BCUT2D eigenvalue weighted by Gasteiger charge is 2.21. The molecule has 2 aromatic carbocycles. The fourth-order valence-corrected chi connectivity index (χ4v) is 4.23. The highest BCUT2D eigenvalue weighted by Crippen LogP contribution is 2.34. The van der Waals surface area contributed by atoms with Crippen molar-refractivity contribution in [2.75, 3.05) is 10.5 Å². The van der Waals surface area contributed by atoms with Crippen molar-refractivity contribution >= 4 is 60.5 Å². The fourth-order valence-electron chi connectivity index (χ4n) is 1.66. The van der Waals surface area contributed by atoms with Crippen LogP contribution in [0.25, 0.3) is 0 Å². The number of nitrogens with two attached hydrogens (primary N) is 1. The number of nitrogen functional groups attached to an aromatic ring is 1. The van der Waals surface area contributed by atoms with Gasteiger partial charge in [-0.3, -0.25) is 4.72 Å². The molecule has 0 aliphatic heterocycles. The molecule has 0 aromatic heterocycles. The monoisotopic (exact) mass is 408 g/mol. The van der Waals surface area contributed by atoms with E-state index in [0.717, 1.165) is 5.56 Å². The number of sulfonamides is 1. The highest BCUT2D eigenvalue weighted by molar-refractivity contribution is 9.10. The molecule has 0 radical (unpaired) electrons. The molecule has 3 N–H and O–H groups in total. The quantitative estimate of drug-likeness (QED) is 0.735. The molecule has 0 heterocycles. The first-order valence-corrected chi connectivity index (χ1v) is 8.78. The minimum atomic E-state index is -3.87. The minimum Gasteiger partial charge on any atom is -0.396 e. The molecule has 0 saturated carbocycles. The molecule has 2 aromatic rings. The topological polar surface area (TPSA) is 72.2 Å². The molecule has 0 amide bonds. The SMILES string of the molecule is Cc1ccc(NS(=O)(=O)c2ccc(Cl)c(N)c2Cl)c(Br)c1. The van der Waals surface area contributed by atoms with Gasteiger partial charge in [0.05, 0.1) is 21.4 Å². The summed E-state index contributed by atoms with van der Waals surface area (Å²) in [6, 6.07) is 7.95. The van der Waals surface area contributed by atoms with Crippen LogP contribution in [0.2, 0.25) is 10.0 Å². The Morgan fingerprint density at radius 3 is 2.48 bits per heavy atom. The van der Waals surface area contributed by atoms with E-state index >= 15 is 0 Å². The zero-order valence-electron chi connectivity index (χ0n) is 10.8. The van der Waals surface area contributed by atoms with Crippen LogP contribution in [0, 0.1) is 6.92 Å². The number of nitrogens with one attached hydrogen (secondary N) is 1. The number of aryl methyl sites for hydroxylation is 1. The Kier molecular flexibility index (Phi) is 4.72. The molecular formula is C13H11BrCl2N2O2S. The van der Waals surface area contributed by atoms with Gasteiger partial charge in [0.25, 0.3) is 10.0 Å². The van der Waals surface area contributed by atoms with E-state index < -0.39 is 10.0 Å². The van der Waals surface area contributed by atoms with Gasteiger partial charge in [-0.2, -0.15) is 0 Å². The maximum atomic E-state index is 12.4. The minimum absolute atomic E-state index is 0.0316. The van der Waals surface area contributed by atoms with Crippen molar-refractivity contribution in [3.63, 3.8) is 0 Å². The molecule has 0 atom stereocenters. The number of rotatable bonds is 3. The molecule has 21 heavy (non-hydrogen) atoms. The first-order valence-electron chi connectivity index (χ1n) is 5.75. The van der Waals surface area contributed by atoms with Crippen molar-refractivity contribution in [3.8, 4) is 0 Å². The summed E-state index contributed by atoms with van der Waals surface area (Å²) >= 11 is 15.1. The first kappa shape index (κ1) is 16.4. The van der Waals surface area contributed by atoms with E-state index in [2.05, 4.69) is 20.7 Å². The first-order chi connectivity index (χ1) is 9.72. The summed E-state index contributed by atoms with van der Waals surface area (Å²) < 4.78 is 27.9. The zero-order chi connectivity index (χ0) is 15.8. The van der Waals surface area contributed by atoms with Crippen LogP contribution < -0.4 is 10.5 Å². The fraction of sp³-hybridized carbons (Fsp3) is 0.0769. The van der Waals surface area contributed by atoms with Gasteiger partial charge in [0.15, 0.2) is 0 Å². The second kappa shape index (κ2) is 6.04. The molecule has 0 saturated heterocycles. The smallest absolute Gasteiger partial charge is 0.263 e. The average Bonchev–Trinajstić information content (AvgIpc) is 2.39. The third-order valence-corrected chi connectivity index (χ3v) is 5.66. The lowest BCUT2D eigenvalue weighted by atomic mass is 10.2. The molecule has 0 fully saturated rings. The standard InChI is InChI=1S/C13H11BrCl2N2O2S/c1-7-2-4-10(8(14)6-7)18-21(19,20)11-5-3-9(15)13(17)12(11)16/h2-6,18H,17H2,1H3. The van der Waals surface area contributed by atoms with E-state index in [1.807, 2.05) is 6.92 Å². The summed E-state index contributed by atoms with van der Waals surface area (Å²) in [4.78, 5) is -0.126. The number of anilines is 2. The summed E-state index contributed by atoms with van der Waals surface area (Å²) in [5.74, 6) is 0. The predicted octanol–water partition coefficient (Wildman–Crippen LogP) is 4.45. The van der Waals surface area contributed by atoms with Crippen molar-refractivity contribution < 1.29 is 8.42 Å². The van der Waals surface area contributed by atoms with E-state index in [1.165, 1.54) is 12.1 Å². The van der Waals surface area contributed by atoms with Crippen molar-refractivity contribution in [1.29, 1.82) is 0 Å². The van der Waals surface area contributed by atoms with Crippen LogP contribution in [0.15, 0.2) is 39.7 Å². The third-order valence-electron chi connectivity index (χ3n) is 2.75. The van der Waals surface area contributed by atoms with E-state index in [1.54, 1.807) is 18.2 Å². The largest absolute Gasteiger partial charge is 0.396 e. The molecular weight excluding hydrogens is 399 g/mol. The Hall–Kier alpha value is -0.950. The lowest BCUT2D eigenvalue weighted by Crippen LogP contribution is -2.14. The number of benzene rings is 2. The molecule has 0 spiro atoms. The molecule has 4 nitrogen and oxygen atoms in total. The Balaban J connectivity index is 2.46. The summed E-state index contributed by atoms with van der Waals surface area (Å²) in [6.45, 7) is 1.90. The lowest BCUT2D eigenvalue weighted by Gasteiger charge is -2.13. The number of halogens is 3. The van der Waals surface area contributed by atoms with Crippen LogP contribution in [-0.2, 0) is 10.0 Å². The Bertz CT molecular complexity index is 810. The van der Waals surface area contributed by atoms with Gasteiger partial charge in [-0.1, -0.05) is 29.3 Å². The number of hydrogen-bond donors (Lipinski definition) is 2. The van der Waals surface area contributed by atoms with E-state index in [0.29, 0.717) is 10.2 Å². The summed E-state index contributed by atoms with van der Waals surface area (Å²) in [5.41, 5.74) is 7.10. The molecule has 0 aliphatic carbocycles. The Labute approximate surface area is 141 Å². The van der Waals surface area contributed by atoms with Crippen molar-refractivity contribution in [1.82, 2.24) is 0 Å². The van der Waals surface area contributed by atoms with Gasteiger partial charge in [-0.15, -0.1) is 0 Å². The molecule has 0 bridgehead atoms. The van der Waals surface area contributed by atoms with Crippen molar-refractivity contribution in [2.45, 2.75) is 11.8 Å². The van der Waals surface area contributed by atoms with Gasteiger partial charge in [0, 0.05) is 4.47 Å². The van der Waals surface area contributed by atoms with Crippen LogP contribution in [0.3, 0.4) is 0 Å². The molecule has 0 aliphatic rings. The lowest BCUT2D eigenvalue weighted by molar-refractivity contribution is 0.601. The van der Waals surface area contributed by atoms with Gasteiger partial charge < -0.3 is 5.73 Å². The predicted molar refractivity (Wildman–Crippen MR) is 90.6 cm³/mol. The summed E-state index contributed by atoms with van der Waals surface area (Å²) in [7, 11) is -3.87. The summed E-state index contributed by atoms with van der Waals surface area (Å²) in [6.07, 6.45) is 0. The van der Waals surface area contributed by atoms with Gasteiger partial charge >= 0.3 is 0 Å².